The van der Waals surface area contributed by atoms with Crippen molar-refractivity contribution < 1.29 is 22.6 Å². The summed E-state index contributed by atoms with van der Waals surface area (Å²) in [4.78, 5) is 4.04. The van der Waals surface area contributed by atoms with Crippen molar-refractivity contribution in [3.8, 4) is 6.07 Å². The highest BCUT2D eigenvalue weighted by Gasteiger charge is 2.14. The third-order valence-electron chi connectivity index (χ3n) is 6.75. The second-order valence-corrected chi connectivity index (χ2v) is 11.4. The third kappa shape index (κ3) is 10.5. The van der Waals surface area contributed by atoms with Crippen LogP contribution in [0.4, 0.5) is 11.4 Å². The molecule has 0 saturated carbocycles. The summed E-state index contributed by atoms with van der Waals surface area (Å²) in [7, 11) is -0.0859. The van der Waals surface area contributed by atoms with Gasteiger partial charge in [0.05, 0.1) is 24.8 Å². The van der Waals surface area contributed by atoms with Crippen LogP contribution in [0.3, 0.4) is 0 Å². The molecule has 2 N–H and O–H groups in total. The van der Waals surface area contributed by atoms with Gasteiger partial charge in [0.25, 0.3) is 10.1 Å². The summed E-state index contributed by atoms with van der Waals surface area (Å²) >= 11 is 0. The lowest BCUT2D eigenvalue weighted by atomic mass is 10.1. The molecule has 3 aromatic rings. The Morgan fingerprint density at radius 1 is 0.805 bits per heavy atom. The van der Waals surface area contributed by atoms with Gasteiger partial charge in [0.15, 0.2) is 0 Å². The van der Waals surface area contributed by atoms with Gasteiger partial charge in [-0.3, -0.25) is 4.55 Å². The molecule has 0 aliphatic carbocycles. The summed E-state index contributed by atoms with van der Waals surface area (Å²) in [6.07, 6.45) is 9.58. The third-order valence-corrected chi connectivity index (χ3v) is 7.55. The molecule has 0 radical (unpaired) electrons. The van der Waals surface area contributed by atoms with E-state index in [1.807, 2.05) is 115 Å². The summed E-state index contributed by atoms with van der Waals surface area (Å²) in [6, 6.07) is 24.4. The molecule has 3 rings (SSSR count). The van der Waals surface area contributed by atoms with Crippen LogP contribution in [0.1, 0.15) is 41.8 Å². The Hall–Kier alpha value is -3.97. The van der Waals surface area contributed by atoms with E-state index in [1.165, 1.54) is 0 Å². The molecule has 0 aliphatic rings. The highest BCUT2D eigenvalue weighted by atomic mass is 32.2. The van der Waals surface area contributed by atoms with Crippen molar-refractivity contribution >= 4 is 45.8 Å². The zero-order valence-electron chi connectivity index (χ0n) is 23.7. The van der Waals surface area contributed by atoms with Crippen LogP contribution in [0.15, 0.2) is 66.7 Å². The first-order valence-electron chi connectivity index (χ1n) is 13.6. The smallest absolute Gasteiger partial charge is 0.264 e. The van der Waals surface area contributed by atoms with E-state index < -0.39 is 10.1 Å². The van der Waals surface area contributed by atoms with Gasteiger partial charge in [-0.25, -0.2) is 0 Å². The fraction of sp³-hybridized carbons (Fsp3) is 0.312. The van der Waals surface area contributed by atoms with E-state index in [4.69, 9.17) is 9.81 Å². The van der Waals surface area contributed by atoms with Crippen LogP contribution in [0.5, 0.6) is 0 Å². The molecule has 216 valence electrons. The molecule has 0 saturated heterocycles. The van der Waals surface area contributed by atoms with Gasteiger partial charge in [0.1, 0.15) is 6.54 Å². The quantitative estimate of drug-likeness (QED) is 0.153. The molecule has 8 nitrogen and oxygen atoms in total. The topological polar surface area (TPSA) is 109 Å². The van der Waals surface area contributed by atoms with Crippen LogP contribution >= 0.6 is 0 Å². The highest BCUT2D eigenvalue weighted by Crippen LogP contribution is 2.17. The van der Waals surface area contributed by atoms with Gasteiger partial charge in [-0.1, -0.05) is 24.3 Å². The average Bonchev–Trinajstić information content (AvgIpc) is 2.96. The number of nitrogens with zero attached hydrogens (tertiary/aromatic N) is 4. The number of aliphatic hydroxyl groups excluding tert-OH is 1. The van der Waals surface area contributed by atoms with Gasteiger partial charge >= 0.3 is 0 Å². The molecular formula is C32H39N4O4S+. The second-order valence-electron chi connectivity index (χ2n) is 9.84. The Bertz CT molecular complexity index is 1460. The summed E-state index contributed by atoms with van der Waals surface area (Å²) in [6.45, 7) is 1.92. The maximum atomic E-state index is 11.2. The molecule has 0 spiro atoms. The number of unbranched alkanes of at least 4 members (excludes halogenated alkanes) is 1. The number of aromatic nitrogens is 1. The van der Waals surface area contributed by atoms with Crippen LogP contribution in [-0.2, 0) is 16.7 Å². The Morgan fingerprint density at radius 3 is 1.78 bits per heavy atom. The number of hydrogen-bond donors (Lipinski definition) is 2. The van der Waals surface area contributed by atoms with Crippen molar-refractivity contribution in [3.05, 3.63) is 89.2 Å². The molecule has 41 heavy (non-hydrogen) atoms. The summed E-state index contributed by atoms with van der Waals surface area (Å²) in [5.74, 6) is -0.261. The molecule has 0 unspecified atom stereocenters. The van der Waals surface area contributed by atoms with Crippen LogP contribution in [-0.4, -0.2) is 57.6 Å². The van der Waals surface area contributed by atoms with E-state index in [1.54, 1.807) is 0 Å². The number of likely N-dealkylation sites (N-methyl/N-ethyl adjacent to an activating group) is 1. The number of benzene rings is 2. The molecular weight excluding hydrogens is 536 g/mol. The van der Waals surface area contributed by atoms with Crippen molar-refractivity contribution in [2.24, 2.45) is 0 Å². The molecule has 1 aromatic heterocycles. The van der Waals surface area contributed by atoms with Gasteiger partial charge in [-0.2, -0.15) is 18.2 Å². The fourth-order valence-electron chi connectivity index (χ4n) is 4.35. The maximum Gasteiger partial charge on any atom is 0.264 e. The van der Waals surface area contributed by atoms with Gasteiger partial charge in [-0.15, -0.1) is 0 Å². The van der Waals surface area contributed by atoms with Crippen LogP contribution in [0.2, 0.25) is 0 Å². The highest BCUT2D eigenvalue weighted by molar-refractivity contribution is 7.85. The first kappa shape index (κ1) is 31.6. The molecule has 9 heteroatoms. The van der Waals surface area contributed by atoms with Crippen LogP contribution in [0, 0.1) is 11.3 Å². The minimum absolute atomic E-state index is 0.0964. The summed E-state index contributed by atoms with van der Waals surface area (Å²) in [5, 5.41) is 18.0. The number of aliphatic hydroxyl groups is 1. The SMILES string of the molecule is CN(CCO)c1ccc(/C=C/c2cccc(/C=C/c3ccc(N(C)CCC#N)cc3)[n+]2CCCCS(=O)(=O)O)cc1. The molecule has 2 aromatic carbocycles. The lowest BCUT2D eigenvalue weighted by Gasteiger charge is -2.17. The molecule has 0 fully saturated rings. The number of anilines is 2. The normalized spacial score (nSPS) is 11.7. The van der Waals surface area contributed by atoms with Crippen molar-refractivity contribution in [2.75, 3.05) is 49.3 Å². The van der Waals surface area contributed by atoms with E-state index in [0.29, 0.717) is 38.9 Å². The van der Waals surface area contributed by atoms with Crippen molar-refractivity contribution in [1.82, 2.24) is 0 Å². The van der Waals surface area contributed by atoms with E-state index in [2.05, 4.69) is 10.6 Å². The fourth-order valence-corrected chi connectivity index (χ4v) is 4.92. The van der Waals surface area contributed by atoms with Gasteiger partial charge in [-0.05, 0) is 60.0 Å². The lowest BCUT2D eigenvalue weighted by Crippen LogP contribution is -2.40. The monoisotopic (exact) mass is 575 g/mol. The van der Waals surface area contributed by atoms with E-state index in [9.17, 15) is 13.5 Å². The van der Waals surface area contributed by atoms with Crippen molar-refractivity contribution in [1.29, 1.82) is 5.26 Å². The standard InChI is InChI=1S/C32H38N4O4S/c1-34(22-6-21-33)29-15-9-27(10-16-29)13-19-31-7-5-8-32(36(31)23-3-4-26-41(38,39)40)20-14-28-11-17-30(18-12-28)35(2)24-25-37/h5,7-20,37H,3-4,6,22-26H2,1-2H3/p+1. The molecule has 0 aliphatic heterocycles. The zero-order valence-corrected chi connectivity index (χ0v) is 24.5. The van der Waals surface area contributed by atoms with Crippen molar-refractivity contribution in [2.45, 2.75) is 25.8 Å². The minimum Gasteiger partial charge on any atom is -0.395 e. The Labute approximate surface area is 243 Å². The summed E-state index contributed by atoms with van der Waals surface area (Å²) in [5.41, 5.74) is 6.08. The van der Waals surface area contributed by atoms with Gasteiger partial charge in [0.2, 0.25) is 11.4 Å². The maximum absolute atomic E-state index is 11.2. The van der Waals surface area contributed by atoms with Crippen molar-refractivity contribution in [3.63, 3.8) is 0 Å². The Morgan fingerprint density at radius 2 is 1.32 bits per heavy atom. The van der Waals surface area contributed by atoms with Crippen LogP contribution < -0.4 is 14.4 Å². The van der Waals surface area contributed by atoms with Crippen LogP contribution in [0.25, 0.3) is 24.3 Å². The summed E-state index contributed by atoms with van der Waals surface area (Å²) < 4.78 is 33.7. The average molecular weight is 576 g/mol. The molecule has 0 atom stereocenters. The predicted octanol–water partition coefficient (Wildman–Crippen LogP) is 4.76. The molecule has 1 heterocycles. The zero-order chi connectivity index (χ0) is 29.7. The Kier molecular flexibility index (Phi) is 12.1. The minimum atomic E-state index is -3.99. The number of pyridine rings is 1. The van der Waals surface area contributed by atoms with Gasteiger partial charge in [0, 0.05) is 69.3 Å². The first-order chi connectivity index (χ1) is 19.7. The number of nitriles is 1. The Balaban J connectivity index is 1.83. The first-order valence-corrected chi connectivity index (χ1v) is 15.3. The van der Waals surface area contributed by atoms with E-state index in [-0.39, 0.29) is 12.4 Å². The molecule has 0 amide bonds. The number of hydrogen-bond acceptors (Lipinski definition) is 6. The van der Waals surface area contributed by atoms with Gasteiger partial charge < -0.3 is 14.9 Å². The molecule has 0 bridgehead atoms. The van der Waals surface area contributed by atoms with E-state index in [0.717, 1.165) is 33.9 Å². The second kappa shape index (κ2) is 15.7. The largest absolute Gasteiger partial charge is 0.395 e. The lowest BCUT2D eigenvalue weighted by molar-refractivity contribution is -0.700. The van der Waals surface area contributed by atoms with E-state index >= 15 is 0 Å². The predicted molar refractivity (Wildman–Crippen MR) is 167 cm³/mol. The number of rotatable bonds is 15.